The number of nitrogens with zero attached hydrogens (tertiary/aromatic N) is 2. The van der Waals surface area contributed by atoms with Gasteiger partial charge >= 0.3 is 0 Å². The first-order chi connectivity index (χ1) is 12.2. The molecule has 2 saturated heterocycles. The minimum Gasteiger partial charge on any atom is -0.497 e. The molecule has 2 fully saturated rings. The van der Waals surface area contributed by atoms with Crippen molar-refractivity contribution in [2.24, 2.45) is 5.92 Å². The maximum atomic E-state index is 12.4. The van der Waals surface area contributed by atoms with E-state index in [1.165, 1.54) is 0 Å². The minimum absolute atomic E-state index is 0.123. The maximum absolute atomic E-state index is 12.4. The largest absolute Gasteiger partial charge is 0.497 e. The Labute approximate surface area is 149 Å². The summed E-state index contributed by atoms with van der Waals surface area (Å²) < 4.78 is 5.14. The quantitative estimate of drug-likeness (QED) is 0.862. The second-order valence-electron chi connectivity index (χ2n) is 6.74. The average molecular weight is 345 g/mol. The predicted molar refractivity (Wildman–Crippen MR) is 95.5 cm³/mol. The Morgan fingerprint density at radius 1 is 1.12 bits per heavy atom. The molecule has 0 bridgehead atoms. The molecule has 2 heterocycles. The van der Waals surface area contributed by atoms with Gasteiger partial charge in [-0.1, -0.05) is 12.1 Å². The van der Waals surface area contributed by atoms with Crippen LogP contribution in [0.1, 0.15) is 18.4 Å². The van der Waals surface area contributed by atoms with Gasteiger partial charge in [0.1, 0.15) is 5.75 Å². The van der Waals surface area contributed by atoms with Crippen LogP contribution in [0.5, 0.6) is 5.75 Å². The first-order valence-electron chi connectivity index (χ1n) is 9.07. The van der Waals surface area contributed by atoms with Gasteiger partial charge in [-0.05, 0) is 37.1 Å². The molecule has 0 saturated carbocycles. The number of amides is 2. The molecular formula is C19H27N3O3. The van der Waals surface area contributed by atoms with Crippen LogP contribution in [0.4, 0.5) is 0 Å². The molecule has 0 aliphatic carbocycles. The van der Waals surface area contributed by atoms with Gasteiger partial charge in [0.25, 0.3) is 0 Å². The van der Waals surface area contributed by atoms with E-state index in [1.807, 2.05) is 34.1 Å². The molecule has 1 atom stereocenters. The number of benzene rings is 1. The molecule has 6 heteroatoms. The van der Waals surface area contributed by atoms with Gasteiger partial charge in [0.15, 0.2) is 0 Å². The molecule has 1 aromatic rings. The molecule has 2 amide bonds. The highest BCUT2D eigenvalue weighted by Crippen LogP contribution is 2.16. The zero-order chi connectivity index (χ0) is 17.6. The van der Waals surface area contributed by atoms with E-state index in [-0.39, 0.29) is 17.7 Å². The van der Waals surface area contributed by atoms with Gasteiger partial charge in [-0.15, -0.1) is 0 Å². The monoisotopic (exact) mass is 345 g/mol. The zero-order valence-electron chi connectivity index (χ0n) is 14.9. The van der Waals surface area contributed by atoms with Gasteiger partial charge in [0.2, 0.25) is 11.8 Å². The lowest BCUT2D eigenvalue weighted by Gasteiger charge is -2.36. The molecule has 2 aliphatic rings. The number of carbonyl (C=O) groups excluding carboxylic acids is 2. The first-order valence-corrected chi connectivity index (χ1v) is 9.07. The van der Waals surface area contributed by atoms with E-state index in [0.717, 1.165) is 37.2 Å². The Bertz CT molecular complexity index is 588. The second-order valence-corrected chi connectivity index (χ2v) is 6.74. The standard InChI is InChI=1S/C19H27N3O3/c1-25-17-5-2-15(3-6-17)4-7-18(23)21-10-12-22(13-11-21)19(24)16-8-9-20-14-16/h2-3,5-6,16,20H,4,7-14H2,1H3. The number of hydrogen-bond donors (Lipinski definition) is 1. The maximum Gasteiger partial charge on any atom is 0.227 e. The fourth-order valence-corrected chi connectivity index (χ4v) is 3.50. The summed E-state index contributed by atoms with van der Waals surface area (Å²) in [5, 5.41) is 3.24. The predicted octanol–water partition coefficient (Wildman–Crippen LogP) is 0.908. The summed E-state index contributed by atoms with van der Waals surface area (Å²) in [5.74, 6) is 1.37. The summed E-state index contributed by atoms with van der Waals surface area (Å²) >= 11 is 0. The average Bonchev–Trinajstić information content (AvgIpc) is 3.21. The van der Waals surface area contributed by atoms with Crippen LogP contribution in [-0.4, -0.2) is 68.0 Å². The molecule has 25 heavy (non-hydrogen) atoms. The molecule has 136 valence electrons. The number of nitrogens with one attached hydrogen (secondary N) is 1. The summed E-state index contributed by atoms with van der Waals surface area (Å²) in [6.45, 7) is 4.33. The lowest BCUT2D eigenvalue weighted by Crippen LogP contribution is -2.52. The summed E-state index contributed by atoms with van der Waals surface area (Å²) in [4.78, 5) is 28.6. The van der Waals surface area contributed by atoms with Crippen molar-refractivity contribution in [2.75, 3.05) is 46.4 Å². The highest BCUT2D eigenvalue weighted by Gasteiger charge is 2.30. The van der Waals surface area contributed by atoms with Crippen LogP contribution in [0.3, 0.4) is 0 Å². The first kappa shape index (κ1) is 17.7. The SMILES string of the molecule is COc1ccc(CCC(=O)N2CCN(C(=O)C3CCNC3)CC2)cc1. The molecule has 6 nitrogen and oxygen atoms in total. The van der Waals surface area contributed by atoms with Crippen molar-refractivity contribution < 1.29 is 14.3 Å². The number of aryl methyl sites for hydroxylation is 1. The van der Waals surface area contributed by atoms with Crippen LogP contribution < -0.4 is 10.1 Å². The van der Waals surface area contributed by atoms with Crippen molar-refractivity contribution in [3.05, 3.63) is 29.8 Å². The van der Waals surface area contributed by atoms with Crippen LogP contribution in [0.15, 0.2) is 24.3 Å². The fourth-order valence-electron chi connectivity index (χ4n) is 3.50. The number of ether oxygens (including phenoxy) is 1. The lowest BCUT2D eigenvalue weighted by molar-refractivity contribution is -0.141. The van der Waals surface area contributed by atoms with E-state index < -0.39 is 0 Å². The van der Waals surface area contributed by atoms with Crippen LogP contribution in [0.25, 0.3) is 0 Å². The third kappa shape index (κ3) is 4.51. The Balaban J connectivity index is 1.42. The summed E-state index contributed by atoms with van der Waals surface area (Å²) in [6, 6.07) is 7.83. The van der Waals surface area contributed by atoms with E-state index in [4.69, 9.17) is 4.74 Å². The van der Waals surface area contributed by atoms with Crippen molar-refractivity contribution in [3.63, 3.8) is 0 Å². The highest BCUT2D eigenvalue weighted by molar-refractivity contribution is 5.80. The minimum atomic E-state index is 0.123. The smallest absolute Gasteiger partial charge is 0.227 e. The van der Waals surface area contributed by atoms with Crippen LogP contribution >= 0.6 is 0 Å². The van der Waals surface area contributed by atoms with Crippen LogP contribution in [0.2, 0.25) is 0 Å². The Kier molecular flexibility index (Phi) is 5.91. The van der Waals surface area contributed by atoms with Crippen molar-refractivity contribution in [1.29, 1.82) is 0 Å². The van der Waals surface area contributed by atoms with Crippen molar-refractivity contribution in [3.8, 4) is 5.75 Å². The molecule has 1 aromatic carbocycles. The number of piperazine rings is 1. The fraction of sp³-hybridized carbons (Fsp3) is 0.579. The molecule has 0 aromatic heterocycles. The highest BCUT2D eigenvalue weighted by atomic mass is 16.5. The zero-order valence-corrected chi connectivity index (χ0v) is 14.9. The van der Waals surface area contributed by atoms with Crippen molar-refractivity contribution in [1.82, 2.24) is 15.1 Å². The van der Waals surface area contributed by atoms with Gasteiger partial charge in [-0.2, -0.15) is 0 Å². The molecular weight excluding hydrogens is 318 g/mol. The number of hydrogen-bond acceptors (Lipinski definition) is 4. The lowest BCUT2D eigenvalue weighted by atomic mass is 10.1. The molecule has 1 N–H and O–H groups in total. The van der Waals surface area contributed by atoms with Gasteiger partial charge in [-0.25, -0.2) is 0 Å². The number of rotatable bonds is 5. The third-order valence-electron chi connectivity index (χ3n) is 5.14. The van der Waals surface area contributed by atoms with Crippen LogP contribution in [0, 0.1) is 5.92 Å². The number of methoxy groups -OCH3 is 1. The molecule has 3 rings (SSSR count). The molecule has 1 unspecified atom stereocenters. The third-order valence-corrected chi connectivity index (χ3v) is 5.14. The molecule has 0 spiro atoms. The number of carbonyl (C=O) groups is 2. The van der Waals surface area contributed by atoms with Gasteiger partial charge in [-0.3, -0.25) is 9.59 Å². The van der Waals surface area contributed by atoms with Gasteiger partial charge in [0, 0.05) is 39.1 Å². The van der Waals surface area contributed by atoms with Crippen LogP contribution in [-0.2, 0) is 16.0 Å². The van der Waals surface area contributed by atoms with Gasteiger partial charge < -0.3 is 19.9 Å². The Hall–Kier alpha value is -2.08. The summed E-state index contributed by atoms with van der Waals surface area (Å²) in [6.07, 6.45) is 2.17. The van der Waals surface area contributed by atoms with Crippen molar-refractivity contribution >= 4 is 11.8 Å². The van der Waals surface area contributed by atoms with E-state index in [1.54, 1.807) is 7.11 Å². The summed E-state index contributed by atoms with van der Waals surface area (Å²) in [7, 11) is 1.64. The summed E-state index contributed by atoms with van der Waals surface area (Å²) in [5.41, 5.74) is 1.14. The second kappa shape index (κ2) is 8.34. The van der Waals surface area contributed by atoms with Gasteiger partial charge in [0.05, 0.1) is 13.0 Å². The van der Waals surface area contributed by atoms with Crippen molar-refractivity contribution in [2.45, 2.75) is 19.3 Å². The van der Waals surface area contributed by atoms with E-state index >= 15 is 0 Å². The topological polar surface area (TPSA) is 61.9 Å². The van der Waals surface area contributed by atoms with E-state index in [2.05, 4.69) is 5.32 Å². The van der Waals surface area contributed by atoms with E-state index in [0.29, 0.717) is 32.6 Å². The normalized spacial score (nSPS) is 20.6. The van der Waals surface area contributed by atoms with E-state index in [9.17, 15) is 9.59 Å². The molecule has 2 aliphatic heterocycles. The molecule has 0 radical (unpaired) electrons. The Morgan fingerprint density at radius 3 is 2.40 bits per heavy atom. The Morgan fingerprint density at radius 2 is 1.80 bits per heavy atom.